The van der Waals surface area contributed by atoms with Gasteiger partial charge in [-0.1, -0.05) is 191 Å². The van der Waals surface area contributed by atoms with E-state index in [-0.39, 0.29) is 10.8 Å². The lowest BCUT2D eigenvalue weighted by molar-refractivity contribution is 0.658. The summed E-state index contributed by atoms with van der Waals surface area (Å²) < 4.78 is 0. The van der Waals surface area contributed by atoms with Crippen molar-refractivity contribution in [2.45, 2.75) is 43.9 Å². The zero-order valence-electron chi connectivity index (χ0n) is 32.3. The van der Waals surface area contributed by atoms with Crippen LogP contribution in [0.2, 0.25) is 0 Å². The molecule has 268 valence electrons. The number of hydrogen-bond acceptors (Lipinski definition) is 1. The lowest BCUT2D eigenvalue weighted by Crippen LogP contribution is -2.31. The van der Waals surface area contributed by atoms with Crippen LogP contribution in [0.4, 0.5) is 17.1 Å². The van der Waals surface area contributed by atoms with Gasteiger partial charge in [0.25, 0.3) is 0 Å². The minimum Gasteiger partial charge on any atom is -0.310 e. The molecule has 11 rings (SSSR count). The largest absolute Gasteiger partial charge is 0.310 e. The minimum atomic E-state index is -0.564. The van der Waals surface area contributed by atoms with Crippen LogP contribution in [0.15, 0.2) is 188 Å². The Morgan fingerprint density at radius 3 is 1.41 bits per heavy atom. The fourth-order valence-electron chi connectivity index (χ4n) is 10.9. The van der Waals surface area contributed by atoms with Crippen LogP contribution in [-0.4, -0.2) is 0 Å². The van der Waals surface area contributed by atoms with Crippen molar-refractivity contribution in [2.75, 3.05) is 4.90 Å². The van der Waals surface area contributed by atoms with Crippen LogP contribution in [-0.2, 0) is 16.2 Å². The number of hydrogen-bond donors (Lipinski definition) is 0. The van der Waals surface area contributed by atoms with Gasteiger partial charge in [-0.25, -0.2) is 0 Å². The average molecular weight is 718 g/mol. The molecule has 0 N–H and O–H groups in total. The second-order valence-corrected chi connectivity index (χ2v) is 16.8. The molecule has 0 aromatic heterocycles. The molecular weight excluding hydrogens is 675 g/mol. The molecule has 8 aromatic rings. The Morgan fingerprint density at radius 1 is 0.321 bits per heavy atom. The number of fused-ring (bicyclic) bond motifs is 9. The molecule has 0 amide bonds. The van der Waals surface area contributed by atoms with Crippen molar-refractivity contribution < 1.29 is 0 Å². The molecule has 0 fully saturated rings. The summed E-state index contributed by atoms with van der Waals surface area (Å²) >= 11 is 0. The van der Waals surface area contributed by atoms with E-state index in [1.807, 2.05) is 0 Å². The monoisotopic (exact) mass is 717 g/mol. The molecular formula is C55H43N. The number of anilines is 3. The van der Waals surface area contributed by atoms with Crippen molar-refractivity contribution in [3.63, 3.8) is 0 Å². The minimum absolute atomic E-state index is 0.143. The molecule has 0 atom stereocenters. The highest BCUT2D eigenvalue weighted by Crippen LogP contribution is 2.61. The van der Waals surface area contributed by atoms with Crippen molar-refractivity contribution in [2.24, 2.45) is 0 Å². The van der Waals surface area contributed by atoms with Crippen LogP contribution in [0.25, 0.3) is 33.4 Å². The van der Waals surface area contributed by atoms with Crippen LogP contribution in [0.5, 0.6) is 0 Å². The first-order chi connectivity index (χ1) is 27.3. The molecule has 1 nitrogen and oxygen atoms in total. The van der Waals surface area contributed by atoms with Crippen LogP contribution < -0.4 is 4.90 Å². The Morgan fingerprint density at radius 2 is 0.768 bits per heavy atom. The van der Waals surface area contributed by atoms with Gasteiger partial charge in [0, 0.05) is 16.5 Å². The van der Waals surface area contributed by atoms with Gasteiger partial charge in [0.1, 0.15) is 0 Å². The standard InChI is InChI=1S/C55H43N/c1-53(2)44-26-12-8-21-38(44)42-34-33-37(35-49(42)53)56(51-32-18-25-43-41-24-9-13-27-45(41)54(3,4)52(43)51)50-31-17-16-30-48(50)55(36-19-6-5-7-20-36)46-28-14-10-22-39(46)40-23-11-15-29-47(40)55/h5-35H,1-4H3. The Labute approximate surface area is 330 Å². The van der Waals surface area contributed by atoms with Gasteiger partial charge in [-0.15, -0.1) is 0 Å². The maximum Gasteiger partial charge on any atom is 0.0733 e. The lowest BCUT2D eigenvalue weighted by Gasteiger charge is -2.39. The summed E-state index contributed by atoms with van der Waals surface area (Å²) in [7, 11) is 0. The molecule has 0 saturated heterocycles. The van der Waals surface area contributed by atoms with E-state index >= 15 is 0 Å². The second-order valence-electron chi connectivity index (χ2n) is 16.8. The maximum absolute atomic E-state index is 2.61. The summed E-state index contributed by atoms with van der Waals surface area (Å²) in [6.07, 6.45) is 0. The van der Waals surface area contributed by atoms with E-state index in [1.54, 1.807) is 0 Å². The van der Waals surface area contributed by atoms with Gasteiger partial charge in [0.15, 0.2) is 0 Å². The molecule has 3 aliphatic rings. The topological polar surface area (TPSA) is 3.24 Å². The Bertz CT molecular complexity index is 2830. The Kier molecular flexibility index (Phi) is 6.93. The lowest BCUT2D eigenvalue weighted by atomic mass is 9.67. The first-order valence-electron chi connectivity index (χ1n) is 20.0. The van der Waals surface area contributed by atoms with E-state index in [0.29, 0.717) is 0 Å². The Balaban J connectivity index is 1.25. The molecule has 0 spiro atoms. The van der Waals surface area contributed by atoms with Crippen LogP contribution in [0.3, 0.4) is 0 Å². The predicted molar refractivity (Wildman–Crippen MR) is 234 cm³/mol. The van der Waals surface area contributed by atoms with E-state index in [9.17, 15) is 0 Å². The van der Waals surface area contributed by atoms with Gasteiger partial charge in [0.2, 0.25) is 0 Å². The zero-order chi connectivity index (χ0) is 37.8. The van der Waals surface area contributed by atoms with Gasteiger partial charge in [-0.3, -0.25) is 0 Å². The third kappa shape index (κ3) is 4.26. The summed E-state index contributed by atoms with van der Waals surface area (Å²) in [4.78, 5) is 2.61. The van der Waals surface area contributed by atoms with Crippen molar-refractivity contribution in [3.8, 4) is 33.4 Å². The highest BCUT2D eigenvalue weighted by atomic mass is 15.2. The number of para-hydroxylation sites is 1. The first-order valence-corrected chi connectivity index (χ1v) is 20.0. The van der Waals surface area contributed by atoms with Crippen molar-refractivity contribution in [1.82, 2.24) is 0 Å². The quantitative estimate of drug-likeness (QED) is 0.171. The molecule has 0 saturated carbocycles. The molecule has 0 radical (unpaired) electrons. The molecule has 8 aromatic carbocycles. The van der Waals surface area contributed by atoms with Gasteiger partial charge in [-0.2, -0.15) is 0 Å². The summed E-state index contributed by atoms with van der Waals surface area (Å²) in [5, 5.41) is 0. The van der Waals surface area contributed by atoms with E-state index < -0.39 is 5.41 Å². The van der Waals surface area contributed by atoms with Crippen molar-refractivity contribution in [3.05, 3.63) is 233 Å². The third-order valence-corrected chi connectivity index (χ3v) is 13.3. The van der Waals surface area contributed by atoms with E-state index in [0.717, 1.165) is 0 Å². The summed E-state index contributed by atoms with van der Waals surface area (Å²) in [6.45, 7) is 9.58. The maximum atomic E-state index is 2.61. The smallest absolute Gasteiger partial charge is 0.0733 e. The third-order valence-electron chi connectivity index (χ3n) is 13.3. The molecule has 56 heavy (non-hydrogen) atoms. The van der Waals surface area contributed by atoms with Gasteiger partial charge >= 0.3 is 0 Å². The number of rotatable bonds is 5. The molecule has 0 bridgehead atoms. The fourth-order valence-corrected chi connectivity index (χ4v) is 10.9. The highest BCUT2D eigenvalue weighted by molar-refractivity contribution is 5.95. The van der Waals surface area contributed by atoms with E-state index in [4.69, 9.17) is 0 Å². The van der Waals surface area contributed by atoms with Gasteiger partial charge in [0.05, 0.1) is 16.8 Å². The van der Waals surface area contributed by atoms with Crippen LogP contribution >= 0.6 is 0 Å². The molecule has 0 aliphatic heterocycles. The molecule has 1 heteroatoms. The van der Waals surface area contributed by atoms with Crippen molar-refractivity contribution >= 4 is 17.1 Å². The summed E-state index contributed by atoms with van der Waals surface area (Å²) in [6, 6.07) is 70.7. The normalized spacial score (nSPS) is 15.6. The van der Waals surface area contributed by atoms with E-state index in [1.165, 1.54) is 95.0 Å². The molecule has 3 aliphatic carbocycles. The van der Waals surface area contributed by atoms with Gasteiger partial charge < -0.3 is 4.90 Å². The number of benzene rings is 8. The molecule has 0 heterocycles. The average Bonchev–Trinajstić information content (AvgIpc) is 3.77. The zero-order valence-corrected chi connectivity index (χ0v) is 32.3. The Hall–Kier alpha value is -6.44. The predicted octanol–water partition coefficient (Wildman–Crippen LogP) is 14.1. The SMILES string of the molecule is CC1(C)c2ccccc2-c2ccc(N(c3ccccc3C3(c4ccccc4)c4ccccc4-c4ccccc43)c3cccc4c3C(C)(C)c3ccccc3-4)cc21. The highest BCUT2D eigenvalue weighted by Gasteiger charge is 2.48. The molecule has 0 unspecified atom stereocenters. The summed E-state index contributed by atoms with van der Waals surface area (Å²) in [5.74, 6) is 0. The van der Waals surface area contributed by atoms with Crippen LogP contribution in [0.1, 0.15) is 72.2 Å². The van der Waals surface area contributed by atoms with E-state index in [2.05, 4.69) is 221 Å². The summed E-state index contributed by atoms with van der Waals surface area (Å²) in [5.41, 5.74) is 21.2. The number of nitrogens with zero attached hydrogens (tertiary/aromatic N) is 1. The van der Waals surface area contributed by atoms with Crippen molar-refractivity contribution in [1.29, 1.82) is 0 Å². The fraction of sp³-hybridized carbons (Fsp3) is 0.127. The van der Waals surface area contributed by atoms with Gasteiger partial charge in [-0.05, 0) is 102 Å². The van der Waals surface area contributed by atoms with Crippen LogP contribution in [0, 0.1) is 0 Å². The second kappa shape index (κ2) is 11.8. The first kappa shape index (κ1) is 32.9.